The highest BCUT2D eigenvalue weighted by atomic mass is 35.5. The molecule has 5 nitrogen and oxygen atoms in total. The van der Waals surface area contributed by atoms with Crippen molar-refractivity contribution in [3.8, 4) is 0 Å². The van der Waals surface area contributed by atoms with Gasteiger partial charge in [-0.15, -0.1) is 0 Å². The zero-order valence-corrected chi connectivity index (χ0v) is 16.1. The fourth-order valence-corrected chi connectivity index (χ4v) is 3.65. The van der Waals surface area contributed by atoms with Crippen molar-refractivity contribution in [1.82, 2.24) is 9.91 Å². The molecule has 146 valence electrons. The SMILES string of the molecule is O=C(CN1CCOCC1)N1N=C(c2ccc(F)cc2)CC1c1ccc(Cl)cc1. The number of ether oxygens (including phenoxy) is 1. The first-order valence-electron chi connectivity index (χ1n) is 9.31. The number of benzene rings is 2. The average molecular weight is 402 g/mol. The predicted octanol–water partition coefficient (Wildman–Crippen LogP) is 3.49. The third kappa shape index (κ3) is 4.24. The van der Waals surface area contributed by atoms with E-state index >= 15 is 0 Å². The summed E-state index contributed by atoms with van der Waals surface area (Å²) in [5, 5.41) is 6.83. The Hall–Kier alpha value is -2.28. The molecule has 0 radical (unpaired) electrons. The van der Waals surface area contributed by atoms with Crippen LogP contribution in [0, 0.1) is 5.82 Å². The quantitative estimate of drug-likeness (QED) is 0.787. The van der Waals surface area contributed by atoms with E-state index < -0.39 is 0 Å². The van der Waals surface area contributed by atoms with Crippen LogP contribution in [-0.2, 0) is 9.53 Å². The number of morpholine rings is 1. The first kappa shape index (κ1) is 19.1. The van der Waals surface area contributed by atoms with Crippen molar-refractivity contribution >= 4 is 23.2 Å². The Labute approximate surface area is 168 Å². The lowest BCUT2D eigenvalue weighted by atomic mass is 9.98. The summed E-state index contributed by atoms with van der Waals surface area (Å²) >= 11 is 6.02. The molecule has 0 saturated carbocycles. The van der Waals surface area contributed by atoms with E-state index in [1.54, 1.807) is 17.1 Å². The van der Waals surface area contributed by atoms with E-state index in [1.807, 2.05) is 24.3 Å². The molecule has 1 amide bonds. The van der Waals surface area contributed by atoms with Gasteiger partial charge in [0.15, 0.2) is 0 Å². The molecule has 2 aliphatic rings. The Bertz CT molecular complexity index is 864. The van der Waals surface area contributed by atoms with Crippen LogP contribution in [0.4, 0.5) is 4.39 Å². The monoisotopic (exact) mass is 401 g/mol. The second-order valence-corrected chi connectivity index (χ2v) is 7.39. The lowest BCUT2D eigenvalue weighted by Gasteiger charge is -2.29. The smallest absolute Gasteiger partial charge is 0.257 e. The predicted molar refractivity (Wildman–Crippen MR) is 106 cm³/mol. The summed E-state index contributed by atoms with van der Waals surface area (Å²) in [6, 6.07) is 13.5. The van der Waals surface area contributed by atoms with Crippen LogP contribution < -0.4 is 0 Å². The summed E-state index contributed by atoms with van der Waals surface area (Å²) in [5.41, 5.74) is 2.57. The molecular formula is C21H21ClFN3O2. The van der Waals surface area contributed by atoms with Gasteiger partial charge in [-0.3, -0.25) is 9.69 Å². The van der Waals surface area contributed by atoms with Gasteiger partial charge in [-0.05, 0) is 35.4 Å². The summed E-state index contributed by atoms with van der Waals surface area (Å²) in [4.78, 5) is 15.1. The third-order valence-corrected chi connectivity index (χ3v) is 5.31. The zero-order chi connectivity index (χ0) is 19.5. The van der Waals surface area contributed by atoms with Crippen molar-refractivity contribution in [1.29, 1.82) is 0 Å². The number of hydrogen-bond donors (Lipinski definition) is 0. The highest BCUT2D eigenvalue weighted by Gasteiger charge is 2.33. The molecule has 7 heteroatoms. The van der Waals surface area contributed by atoms with Crippen LogP contribution in [0.3, 0.4) is 0 Å². The van der Waals surface area contributed by atoms with Gasteiger partial charge in [0.05, 0.1) is 31.5 Å². The average Bonchev–Trinajstić information content (AvgIpc) is 3.15. The second-order valence-electron chi connectivity index (χ2n) is 6.95. The van der Waals surface area contributed by atoms with E-state index in [1.165, 1.54) is 12.1 Å². The van der Waals surface area contributed by atoms with E-state index in [4.69, 9.17) is 16.3 Å². The molecule has 2 aromatic carbocycles. The molecule has 4 rings (SSSR count). The number of carbonyl (C=O) groups is 1. The Morgan fingerprint density at radius 3 is 2.46 bits per heavy atom. The molecule has 2 heterocycles. The normalized spacial score (nSPS) is 20.3. The van der Waals surface area contributed by atoms with Gasteiger partial charge < -0.3 is 4.74 Å². The van der Waals surface area contributed by atoms with Crippen LogP contribution in [0.5, 0.6) is 0 Å². The number of halogens is 2. The Balaban J connectivity index is 1.59. The summed E-state index contributed by atoms with van der Waals surface area (Å²) < 4.78 is 18.6. The number of amides is 1. The van der Waals surface area contributed by atoms with Gasteiger partial charge in [0.2, 0.25) is 0 Å². The molecule has 28 heavy (non-hydrogen) atoms. The number of hydrazone groups is 1. The van der Waals surface area contributed by atoms with Crippen LogP contribution in [0.15, 0.2) is 53.6 Å². The highest BCUT2D eigenvalue weighted by Crippen LogP contribution is 2.33. The van der Waals surface area contributed by atoms with E-state index in [-0.39, 0.29) is 17.8 Å². The van der Waals surface area contributed by atoms with Gasteiger partial charge in [0.25, 0.3) is 5.91 Å². The standard InChI is InChI=1S/C21H21ClFN3O2/c22-17-5-1-16(2-6-17)20-13-19(15-3-7-18(23)8-4-15)24-26(20)21(27)14-25-9-11-28-12-10-25/h1-8,20H,9-14H2. The summed E-state index contributed by atoms with van der Waals surface area (Å²) in [7, 11) is 0. The molecule has 0 spiro atoms. The fourth-order valence-electron chi connectivity index (χ4n) is 3.52. The van der Waals surface area contributed by atoms with Crippen LogP contribution >= 0.6 is 11.6 Å². The van der Waals surface area contributed by atoms with E-state index in [9.17, 15) is 9.18 Å². The van der Waals surface area contributed by atoms with Crippen molar-refractivity contribution in [2.75, 3.05) is 32.8 Å². The maximum absolute atomic E-state index is 13.3. The second kappa shape index (κ2) is 8.39. The topological polar surface area (TPSA) is 45.1 Å². The van der Waals surface area contributed by atoms with E-state index in [0.717, 1.165) is 29.9 Å². The molecule has 1 atom stereocenters. The maximum Gasteiger partial charge on any atom is 0.257 e. The van der Waals surface area contributed by atoms with Crippen LogP contribution in [0.25, 0.3) is 0 Å². The molecule has 2 aliphatic heterocycles. The van der Waals surface area contributed by atoms with Crippen LogP contribution in [-0.4, -0.2) is 54.4 Å². The summed E-state index contributed by atoms with van der Waals surface area (Å²) in [6.45, 7) is 3.04. The van der Waals surface area contributed by atoms with Gasteiger partial charge in [-0.2, -0.15) is 5.10 Å². The largest absolute Gasteiger partial charge is 0.379 e. The van der Waals surface area contributed by atoms with E-state index in [0.29, 0.717) is 31.2 Å². The molecule has 1 fully saturated rings. The van der Waals surface area contributed by atoms with Crippen molar-refractivity contribution in [2.45, 2.75) is 12.5 Å². The Morgan fingerprint density at radius 1 is 1.11 bits per heavy atom. The van der Waals surface area contributed by atoms with Gasteiger partial charge in [-0.25, -0.2) is 9.40 Å². The number of nitrogens with zero attached hydrogens (tertiary/aromatic N) is 3. The minimum absolute atomic E-state index is 0.0565. The van der Waals surface area contributed by atoms with Crippen LogP contribution in [0.1, 0.15) is 23.6 Å². The maximum atomic E-state index is 13.3. The van der Waals surface area contributed by atoms with Crippen molar-refractivity contribution < 1.29 is 13.9 Å². The third-order valence-electron chi connectivity index (χ3n) is 5.06. The number of rotatable bonds is 4. The minimum atomic E-state index is -0.295. The summed E-state index contributed by atoms with van der Waals surface area (Å²) in [6.07, 6.45) is 0.572. The zero-order valence-electron chi connectivity index (χ0n) is 15.4. The van der Waals surface area contributed by atoms with Gasteiger partial charge in [-0.1, -0.05) is 35.9 Å². The van der Waals surface area contributed by atoms with E-state index in [2.05, 4.69) is 10.0 Å². The van der Waals surface area contributed by atoms with Gasteiger partial charge >= 0.3 is 0 Å². The first-order valence-corrected chi connectivity index (χ1v) is 9.69. The molecule has 1 unspecified atom stereocenters. The molecule has 0 aromatic heterocycles. The van der Waals surface area contributed by atoms with Crippen molar-refractivity contribution in [3.05, 3.63) is 70.5 Å². The molecule has 0 aliphatic carbocycles. The van der Waals surface area contributed by atoms with Crippen molar-refractivity contribution in [3.63, 3.8) is 0 Å². The molecule has 0 N–H and O–H groups in total. The number of hydrogen-bond acceptors (Lipinski definition) is 4. The Kier molecular flexibility index (Phi) is 5.71. The lowest BCUT2D eigenvalue weighted by molar-refractivity contribution is -0.135. The number of carbonyl (C=O) groups excluding carboxylic acids is 1. The first-order chi connectivity index (χ1) is 13.6. The summed E-state index contributed by atoms with van der Waals surface area (Å²) in [5.74, 6) is -0.351. The lowest BCUT2D eigenvalue weighted by Crippen LogP contribution is -2.43. The Morgan fingerprint density at radius 2 is 1.79 bits per heavy atom. The molecule has 1 saturated heterocycles. The van der Waals surface area contributed by atoms with Crippen molar-refractivity contribution in [2.24, 2.45) is 5.10 Å². The highest BCUT2D eigenvalue weighted by molar-refractivity contribution is 6.30. The molecule has 0 bridgehead atoms. The molecular weight excluding hydrogens is 381 g/mol. The minimum Gasteiger partial charge on any atom is -0.379 e. The molecule has 2 aromatic rings. The van der Waals surface area contributed by atoms with Crippen LogP contribution in [0.2, 0.25) is 5.02 Å². The van der Waals surface area contributed by atoms with Gasteiger partial charge in [0, 0.05) is 24.5 Å². The fraction of sp³-hybridized carbons (Fsp3) is 0.333. The van der Waals surface area contributed by atoms with Gasteiger partial charge in [0.1, 0.15) is 5.82 Å².